The molecule has 1 heterocycles. The Labute approximate surface area is 149 Å². The molecular formula is C19H26N4O2. The van der Waals surface area contributed by atoms with Crippen LogP contribution in [0.2, 0.25) is 0 Å². The smallest absolute Gasteiger partial charge is 0.269 e. The van der Waals surface area contributed by atoms with E-state index in [1.165, 1.54) is 5.56 Å². The first-order chi connectivity index (χ1) is 12.1. The van der Waals surface area contributed by atoms with E-state index in [0.717, 1.165) is 30.9 Å². The minimum atomic E-state index is -0.154. The lowest BCUT2D eigenvalue weighted by atomic mass is 10.1. The number of carbonyl (C=O) groups excluding carboxylic acids is 1. The van der Waals surface area contributed by atoms with Gasteiger partial charge in [-0.1, -0.05) is 12.1 Å². The van der Waals surface area contributed by atoms with Gasteiger partial charge in [0.15, 0.2) is 0 Å². The molecule has 1 amide bonds. The van der Waals surface area contributed by atoms with Crippen LogP contribution in [0.4, 0.5) is 5.69 Å². The lowest BCUT2D eigenvalue weighted by molar-refractivity contribution is 0.0946. The van der Waals surface area contributed by atoms with E-state index in [4.69, 9.17) is 4.74 Å². The van der Waals surface area contributed by atoms with E-state index in [2.05, 4.69) is 21.7 Å². The van der Waals surface area contributed by atoms with Crippen LogP contribution < -0.4 is 15.4 Å². The van der Waals surface area contributed by atoms with Gasteiger partial charge in [-0.15, -0.1) is 0 Å². The highest BCUT2D eigenvalue weighted by Crippen LogP contribution is 2.13. The average Bonchev–Trinajstić information content (AvgIpc) is 2.62. The highest BCUT2D eigenvalue weighted by atomic mass is 16.5. The molecular weight excluding hydrogens is 316 g/mol. The molecule has 2 aromatic rings. The van der Waals surface area contributed by atoms with Crippen molar-refractivity contribution < 1.29 is 9.53 Å². The fourth-order valence-corrected chi connectivity index (χ4v) is 2.33. The van der Waals surface area contributed by atoms with Gasteiger partial charge in [0.05, 0.1) is 7.11 Å². The third-order valence-corrected chi connectivity index (χ3v) is 3.71. The van der Waals surface area contributed by atoms with Crippen molar-refractivity contribution in [2.45, 2.75) is 6.42 Å². The van der Waals surface area contributed by atoms with Gasteiger partial charge in [0, 0.05) is 31.5 Å². The Bertz CT molecular complexity index is 689. The molecule has 0 saturated carbocycles. The first-order valence-electron chi connectivity index (χ1n) is 8.34. The van der Waals surface area contributed by atoms with E-state index >= 15 is 0 Å². The Kier molecular flexibility index (Phi) is 7.22. The first kappa shape index (κ1) is 18.7. The molecule has 0 bridgehead atoms. The van der Waals surface area contributed by atoms with Crippen LogP contribution in [0.25, 0.3) is 0 Å². The maximum Gasteiger partial charge on any atom is 0.269 e. The minimum Gasteiger partial charge on any atom is -0.497 e. The van der Waals surface area contributed by atoms with Crippen molar-refractivity contribution in [3.8, 4) is 5.75 Å². The predicted molar refractivity (Wildman–Crippen MR) is 100 cm³/mol. The number of aromatic nitrogens is 1. The molecule has 2 rings (SSSR count). The molecule has 0 spiro atoms. The molecule has 1 aromatic carbocycles. The van der Waals surface area contributed by atoms with Crippen LogP contribution in [0, 0.1) is 0 Å². The molecule has 0 aliphatic rings. The molecule has 0 aliphatic carbocycles. The number of ether oxygens (including phenoxy) is 1. The van der Waals surface area contributed by atoms with E-state index in [-0.39, 0.29) is 5.91 Å². The Morgan fingerprint density at radius 2 is 2.04 bits per heavy atom. The van der Waals surface area contributed by atoms with Gasteiger partial charge in [-0.25, -0.2) is 0 Å². The molecule has 6 heteroatoms. The van der Waals surface area contributed by atoms with Gasteiger partial charge in [-0.05, 0) is 50.3 Å². The second-order valence-electron chi connectivity index (χ2n) is 6.02. The molecule has 0 fully saturated rings. The number of nitrogens with one attached hydrogen (secondary N) is 2. The van der Waals surface area contributed by atoms with Crippen LogP contribution >= 0.6 is 0 Å². The van der Waals surface area contributed by atoms with Crippen molar-refractivity contribution in [2.24, 2.45) is 0 Å². The summed E-state index contributed by atoms with van der Waals surface area (Å²) in [5.74, 6) is 0.705. The number of methoxy groups -OCH3 is 1. The van der Waals surface area contributed by atoms with Crippen molar-refractivity contribution in [3.63, 3.8) is 0 Å². The fraction of sp³-hybridized carbons (Fsp3) is 0.368. The lowest BCUT2D eigenvalue weighted by Crippen LogP contribution is -2.31. The molecule has 2 N–H and O–H groups in total. The maximum atomic E-state index is 12.1. The molecule has 134 valence electrons. The van der Waals surface area contributed by atoms with E-state index in [0.29, 0.717) is 12.2 Å². The number of likely N-dealkylation sites (N-methyl/N-ethyl adjacent to an activating group) is 1. The number of hydrogen-bond donors (Lipinski definition) is 2. The van der Waals surface area contributed by atoms with Gasteiger partial charge in [-0.3, -0.25) is 9.78 Å². The number of anilines is 1. The summed E-state index contributed by atoms with van der Waals surface area (Å²) in [6.07, 6.45) is 2.51. The van der Waals surface area contributed by atoms with E-state index in [1.807, 2.05) is 43.3 Å². The highest BCUT2D eigenvalue weighted by molar-refractivity contribution is 5.93. The van der Waals surface area contributed by atoms with Crippen molar-refractivity contribution >= 4 is 11.6 Å². The zero-order valence-corrected chi connectivity index (χ0v) is 15.1. The predicted octanol–water partition coefficient (Wildman–Crippen LogP) is 2.04. The van der Waals surface area contributed by atoms with E-state index in [1.54, 1.807) is 19.4 Å². The summed E-state index contributed by atoms with van der Waals surface area (Å²) in [6, 6.07) is 11.6. The first-order valence-corrected chi connectivity index (χ1v) is 8.34. The van der Waals surface area contributed by atoms with Crippen LogP contribution in [0.5, 0.6) is 5.75 Å². The second kappa shape index (κ2) is 9.64. The molecule has 0 radical (unpaired) electrons. The third kappa shape index (κ3) is 6.43. The van der Waals surface area contributed by atoms with Crippen molar-refractivity contribution in [1.82, 2.24) is 15.2 Å². The van der Waals surface area contributed by atoms with Gasteiger partial charge in [-0.2, -0.15) is 0 Å². The molecule has 1 aromatic heterocycles. The van der Waals surface area contributed by atoms with Gasteiger partial charge < -0.3 is 20.3 Å². The van der Waals surface area contributed by atoms with Crippen molar-refractivity contribution in [1.29, 1.82) is 0 Å². The number of carbonyl (C=O) groups is 1. The SMILES string of the molecule is COc1cccc(CCNc2ccnc(C(=O)NCCN(C)C)c2)c1. The van der Waals surface area contributed by atoms with Crippen LogP contribution in [0.3, 0.4) is 0 Å². The van der Waals surface area contributed by atoms with E-state index < -0.39 is 0 Å². The summed E-state index contributed by atoms with van der Waals surface area (Å²) < 4.78 is 5.23. The maximum absolute atomic E-state index is 12.1. The molecule has 0 unspecified atom stereocenters. The highest BCUT2D eigenvalue weighted by Gasteiger charge is 2.07. The molecule has 0 saturated heterocycles. The Hall–Kier alpha value is -2.60. The molecule has 6 nitrogen and oxygen atoms in total. The summed E-state index contributed by atoms with van der Waals surface area (Å²) >= 11 is 0. The number of amides is 1. The Morgan fingerprint density at radius 3 is 2.80 bits per heavy atom. The average molecular weight is 342 g/mol. The van der Waals surface area contributed by atoms with Gasteiger partial charge in [0.25, 0.3) is 5.91 Å². The number of rotatable bonds is 9. The summed E-state index contributed by atoms with van der Waals surface area (Å²) in [7, 11) is 5.61. The fourth-order valence-electron chi connectivity index (χ4n) is 2.33. The Balaban J connectivity index is 1.85. The van der Waals surface area contributed by atoms with Crippen LogP contribution in [-0.4, -0.2) is 56.6 Å². The van der Waals surface area contributed by atoms with Crippen LogP contribution in [0.15, 0.2) is 42.6 Å². The lowest BCUT2D eigenvalue weighted by Gasteiger charge is -2.11. The molecule has 25 heavy (non-hydrogen) atoms. The third-order valence-electron chi connectivity index (χ3n) is 3.71. The number of benzene rings is 1. The molecule has 0 aliphatic heterocycles. The topological polar surface area (TPSA) is 66.5 Å². The summed E-state index contributed by atoms with van der Waals surface area (Å²) in [4.78, 5) is 18.3. The quantitative estimate of drug-likeness (QED) is 0.730. The Morgan fingerprint density at radius 1 is 1.20 bits per heavy atom. The number of nitrogens with zero attached hydrogens (tertiary/aromatic N) is 2. The largest absolute Gasteiger partial charge is 0.497 e. The van der Waals surface area contributed by atoms with Crippen molar-refractivity contribution in [3.05, 3.63) is 53.9 Å². The summed E-state index contributed by atoms with van der Waals surface area (Å²) in [5.41, 5.74) is 2.50. The number of hydrogen-bond acceptors (Lipinski definition) is 5. The molecule has 0 atom stereocenters. The van der Waals surface area contributed by atoms with Gasteiger partial charge in [0.2, 0.25) is 0 Å². The zero-order chi connectivity index (χ0) is 18.1. The zero-order valence-electron chi connectivity index (χ0n) is 15.1. The number of pyridine rings is 1. The summed E-state index contributed by atoms with van der Waals surface area (Å²) in [6.45, 7) is 2.16. The monoisotopic (exact) mass is 342 g/mol. The van der Waals surface area contributed by atoms with Gasteiger partial charge >= 0.3 is 0 Å². The standard InChI is InChI=1S/C19H26N4O2/c1-23(2)12-11-22-19(24)18-14-16(8-10-21-18)20-9-7-15-5-4-6-17(13-15)25-3/h4-6,8,10,13-14H,7,9,11-12H2,1-3H3,(H,20,21)(H,22,24). The van der Waals surface area contributed by atoms with Crippen molar-refractivity contribution in [2.75, 3.05) is 46.2 Å². The minimum absolute atomic E-state index is 0.154. The second-order valence-corrected chi connectivity index (χ2v) is 6.02. The van der Waals surface area contributed by atoms with Crippen LogP contribution in [0.1, 0.15) is 16.1 Å². The van der Waals surface area contributed by atoms with Crippen LogP contribution in [-0.2, 0) is 6.42 Å². The van der Waals surface area contributed by atoms with E-state index in [9.17, 15) is 4.79 Å². The van der Waals surface area contributed by atoms with Gasteiger partial charge in [0.1, 0.15) is 11.4 Å². The normalized spacial score (nSPS) is 10.6. The summed E-state index contributed by atoms with van der Waals surface area (Å²) in [5, 5.41) is 6.20.